The van der Waals surface area contributed by atoms with Gasteiger partial charge in [0.2, 0.25) is 0 Å². The van der Waals surface area contributed by atoms with Gasteiger partial charge in [0, 0.05) is 19.7 Å². The molecule has 1 amide bonds. The van der Waals surface area contributed by atoms with Gasteiger partial charge in [-0.25, -0.2) is 4.79 Å². The minimum absolute atomic E-state index is 0.117. The molecule has 2 heterocycles. The first-order valence-corrected chi connectivity index (χ1v) is 6.85. The van der Waals surface area contributed by atoms with Crippen LogP contribution in [0.3, 0.4) is 0 Å². The molecule has 1 N–H and O–H groups in total. The van der Waals surface area contributed by atoms with E-state index in [1.165, 1.54) is 18.1 Å². The van der Waals surface area contributed by atoms with E-state index in [0.29, 0.717) is 12.3 Å². The van der Waals surface area contributed by atoms with E-state index in [4.69, 9.17) is 9.26 Å². The van der Waals surface area contributed by atoms with E-state index >= 15 is 0 Å². The molecule has 1 aliphatic rings. The average Bonchev–Trinajstić information content (AvgIpc) is 2.85. The van der Waals surface area contributed by atoms with Crippen molar-refractivity contribution in [3.05, 3.63) is 17.5 Å². The lowest BCUT2D eigenvalue weighted by Gasteiger charge is -2.43. The Balaban J connectivity index is 2.24. The molecular formula is C14H20N2O5. The first-order chi connectivity index (χ1) is 9.86. The molecule has 0 radical (unpaired) electrons. The van der Waals surface area contributed by atoms with E-state index in [-0.39, 0.29) is 12.3 Å². The van der Waals surface area contributed by atoms with E-state index in [9.17, 15) is 14.7 Å². The Morgan fingerprint density at radius 1 is 1.57 bits per heavy atom. The van der Waals surface area contributed by atoms with E-state index in [2.05, 4.69) is 5.16 Å². The highest BCUT2D eigenvalue weighted by Crippen LogP contribution is 2.36. The molecule has 0 spiro atoms. The monoisotopic (exact) mass is 296 g/mol. The fraction of sp³-hybridized carbons (Fsp3) is 0.643. The van der Waals surface area contributed by atoms with Gasteiger partial charge in [-0.3, -0.25) is 4.79 Å². The summed E-state index contributed by atoms with van der Waals surface area (Å²) in [5, 5.41) is 13.2. The molecule has 2 rings (SSSR count). The quantitative estimate of drug-likeness (QED) is 0.906. The van der Waals surface area contributed by atoms with Gasteiger partial charge in [0.25, 0.3) is 5.91 Å². The van der Waals surface area contributed by atoms with Gasteiger partial charge in [-0.2, -0.15) is 0 Å². The van der Waals surface area contributed by atoms with Gasteiger partial charge in [-0.1, -0.05) is 19.0 Å². The van der Waals surface area contributed by atoms with E-state index < -0.39 is 23.3 Å². The molecule has 1 unspecified atom stereocenters. The number of amides is 1. The number of methoxy groups -OCH3 is 1. The molecule has 1 aromatic rings. The van der Waals surface area contributed by atoms with Gasteiger partial charge in [0.05, 0.1) is 0 Å². The lowest BCUT2D eigenvalue weighted by molar-refractivity contribution is -0.148. The Morgan fingerprint density at radius 2 is 2.29 bits per heavy atom. The van der Waals surface area contributed by atoms with Gasteiger partial charge in [-0.15, -0.1) is 0 Å². The van der Waals surface area contributed by atoms with Gasteiger partial charge in [-0.05, 0) is 18.3 Å². The van der Waals surface area contributed by atoms with Crippen molar-refractivity contribution in [3.8, 4) is 0 Å². The first kappa shape index (κ1) is 15.5. The summed E-state index contributed by atoms with van der Waals surface area (Å²) in [4.78, 5) is 25.5. The summed E-state index contributed by atoms with van der Waals surface area (Å²) in [7, 11) is 1.51. The number of likely N-dealkylation sites (tertiary alicyclic amines) is 1. The van der Waals surface area contributed by atoms with Crippen LogP contribution in [0.2, 0.25) is 0 Å². The number of carbonyl (C=O) groups excluding carboxylic acids is 1. The average molecular weight is 296 g/mol. The Kier molecular flexibility index (Phi) is 4.32. The smallest absolute Gasteiger partial charge is 0.326 e. The van der Waals surface area contributed by atoms with Crippen LogP contribution in [-0.2, 0) is 16.1 Å². The molecule has 0 saturated carbocycles. The number of hydrogen-bond donors (Lipinski definition) is 1. The Bertz CT molecular complexity index is 537. The molecule has 0 aromatic carbocycles. The zero-order valence-corrected chi connectivity index (χ0v) is 12.5. The van der Waals surface area contributed by atoms with E-state index in [1.54, 1.807) is 0 Å². The highest BCUT2D eigenvalue weighted by Gasteiger charge is 2.45. The van der Waals surface area contributed by atoms with Crippen LogP contribution >= 0.6 is 0 Å². The van der Waals surface area contributed by atoms with Crippen molar-refractivity contribution >= 4 is 11.9 Å². The lowest BCUT2D eigenvalue weighted by atomic mass is 9.76. The predicted molar refractivity (Wildman–Crippen MR) is 72.7 cm³/mol. The molecule has 7 heteroatoms. The summed E-state index contributed by atoms with van der Waals surface area (Å²) < 4.78 is 9.90. The van der Waals surface area contributed by atoms with Crippen LogP contribution < -0.4 is 0 Å². The SMILES string of the molecule is COCc1cc(C(=O)N2CCCC(C)(C)C2C(=O)O)no1. The zero-order chi connectivity index (χ0) is 15.6. The maximum absolute atomic E-state index is 12.5. The van der Waals surface area contributed by atoms with Crippen LogP contribution in [0.15, 0.2) is 10.6 Å². The van der Waals surface area contributed by atoms with Crippen LogP contribution in [0.25, 0.3) is 0 Å². The molecule has 116 valence electrons. The fourth-order valence-corrected chi connectivity index (χ4v) is 2.85. The van der Waals surface area contributed by atoms with Crippen molar-refractivity contribution in [1.82, 2.24) is 10.1 Å². The van der Waals surface area contributed by atoms with Crippen molar-refractivity contribution in [1.29, 1.82) is 0 Å². The third-order valence-electron chi connectivity index (χ3n) is 3.83. The third kappa shape index (κ3) is 3.07. The minimum atomic E-state index is -0.992. The number of ether oxygens (including phenoxy) is 1. The number of aliphatic carboxylic acids is 1. The van der Waals surface area contributed by atoms with Gasteiger partial charge in [0.1, 0.15) is 12.6 Å². The summed E-state index contributed by atoms with van der Waals surface area (Å²) in [6.07, 6.45) is 1.53. The van der Waals surface area contributed by atoms with Gasteiger partial charge in [0.15, 0.2) is 11.5 Å². The lowest BCUT2D eigenvalue weighted by Crippen LogP contribution is -2.56. The molecule has 1 saturated heterocycles. The number of hydrogen-bond acceptors (Lipinski definition) is 5. The predicted octanol–water partition coefficient (Wildman–Crippen LogP) is 1.54. The van der Waals surface area contributed by atoms with E-state index in [1.807, 2.05) is 13.8 Å². The summed E-state index contributed by atoms with van der Waals surface area (Å²) in [6, 6.07) is 0.633. The fourth-order valence-electron chi connectivity index (χ4n) is 2.85. The molecular weight excluding hydrogens is 276 g/mol. The summed E-state index contributed by atoms with van der Waals surface area (Å²) in [6.45, 7) is 4.36. The van der Waals surface area contributed by atoms with E-state index in [0.717, 1.165) is 12.8 Å². The third-order valence-corrected chi connectivity index (χ3v) is 3.83. The highest BCUT2D eigenvalue weighted by atomic mass is 16.5. The normalized spacial score (nSPS) is 21.3. The van der Waals surface area contributed by atoms with Crippen LogP contribution in [0.4, 0.5) is 0 Å². The number of carbonyl (C=O) groups is 2. The van der Waals surface area contributed by atoms with Crippen molar-refractivity contribution in [3.63, 3.8) is 0 Å². The maximum atomic E-state index is 12.5. The van der Waals surface area contributed by atoms with Crippen molar-refractivity contribution in [2.24, 2.45) is 5.41 Å². The highest BCUT2D eigenvalue weighted by molar-refractivity contribution is 5.95. The number of carboxylic acids is 1. The number of aromatic nitrogens is 1. The second-order valence-electron chi connectivity index (χ2n) is 5.94. The Hall–Kier alpha value is -1.89. The second-order valence-corrected chi connectivity index (χ2v) is 5.94. The number of rotatable bonds is 4. The molecule has 0 aliphatic carbocycles. The standard InChI is InChI=1S/C14H20N2O5/c1-14(2)5-4-6-16(11(14)13(18)19)12(17)10-7-9(8-20-3)21-15-10/h7,11H,4-6,8H2,1-3H3,(H,18,19). The molecule has 7 nitrogen and oxygen atoms in total. The van der Waals surface area contributed by atoms with Crippen molar-refractivity contribution < 1.29 is 24.0 Å². The minimum Gasteiger partial charge on any atom is -0.480 e. The molecule has 21 heavy (non-hydrogen) atoms. The first-order valence-electron chi connectivity index (χ1n) is 6.85. The summed E-state index contributed by atoms with van der Waals surface area (Å²) in [5.41, 5.74) is -0.357. The maximum Gasteiger partial charge on any atom is 0.326 e. The molecule has 1 fully saturated rings. The number of nitrogens with zero attached hydrogens (tertiary/aromatic N) is 2. The van der Waals surface area contributed by atoms with Crippen LogP contribution in [0.5, 0.6) is 0 Å². The van der Waals surface area contributed by atoms with Crippen molar-refractivity contribution in [2.45, 2.75) is 39.3 Å². The zero-order valence-electron chi connectivity index (χ0n) is 12.5. The topological polar surface area (TPSA) is 92.9 Å². The Labute approximate surface area is 122 Å². The number of carboxylic acid groups (broad SMARTS) is 1. The molecule has 0 bridgehead atoms. The second kappa shape index (κ2) is 5.85. The van der Waals surface area contributed by atoms with Gasteiger partial charge >= 0.3 is 5.97 Å². The van der Waals surface area contributed by atoms with Gasteiger partial charge < -0.3 is 19.3 Å². The molecule has 1 atom stereocenters. The largest absolute Gasteiger partial charge is 0.480 e. The Morgan fingerprint density at radius 3 is 2.90 bits per heavy atom. The number of piperidine rings is 1. The summed E-state index contributed by atoms with van der Waals surface area (Å²) in [5.74, 6) is -0.973. The summed E-state index contributed by atoms with van der Waals surface area (Å²) >= 11 is 0. The van der Waals surface area contributed by atoms with Crippen LogP contribution in [-0.4, -0.2) is 46.7 Å². The van der Waals surface area contributed by atoms with Crippen LogP contribution in [0, 0.1) is 5.41 Å². The van der Waals surface area contributed by atoms with Crippen molar-refractivity contribution in [2.75, 3.05) is 13.7 Å². The molecule has 1 aromatic heterocycles. The molecule has 1 aliphatic heterocycles. The van der Waals surface area contributed by atoms with Crippen LogP contribution in [0.1, 0.15) is 42.9 Å².